The summed E-state index contributed by atoms with van der Waals surface area (Å²) in [7, 11) is 0. The van der Waals surface area contributed by atoms with Gasteiger partial charge in [0.2, 0.25) is 0 Å². The molecule has 136 valence electrons. The fourth-order valence-corrected chi connectivity index (χ4v) is 1.58. The van der Waals surface area contributed by atoms with Gasteiger partial charge in [0.25, 0.3) is 0 Å². The Labute approximate surface area is 143 Å². The first-order valence-electron chi connectivity index (χ1n) is 8.34. The second kappa shape index (κ2) is 14.5. The van der Waals surface area contributed by atoms with E-state index in [1.807, 2.05) is 26.0 Å². The standard InChI is InChI=1S/C18H28O6/c1-4-7-9-11-17(20)23-14-15(13-22-16(19)6-3)24-18(21)12-10-8-5-2/h7-10,15H,4-6,11-14H2,1-3H3/b9-7-,10-8-. The summed E-state index contributed by atoms with van der Waals surface area (Å²) in [4.78, 5) is 34.5. The minimum atomic E-state index is -0.804. The Kier molecular flexibility index (Phi) is 13.2. The summed E-state index contributed by atoms with van der Waals surface area (Å²) in [5.41, 5.74) is 0. The highest BCUT2D eigenvalue weighted by Gasteiger charge is 2.18. The van der Waals surface area contributed by atoms with Crippen LogP contribution in [-0.2, 0) is 28.6 Å². The van der Waals surface area contributed by atoms with E-state index in [0.717, 1.165) is 12.8 Å². The molecule has 0 saturated carbocycles. The molecule has 0 aliphatic rings. The smallest absolute Gasteiger partial charge is 0.310 e. The van der Waals surface area contributed by atoms with E-state index < -0.39 is 24.0 Å². The molecule has 6 heteroatoms. The van der Waals surface area contributed by atoms with Crippen LogP contribution < -0.4 is 0 Å². The average molecular weight is 340 g/mol. The fraction of sp³-hybridized carbons (Fsp3) is 0.611. The van der Waals surface area contributed by atoms with Gasteiger partial charge in [0.15, 0.2) is 6.10 Å². The van der Waals surface area contributed by atoms with Gasteiger partial charge >= 0.3 is 17.9 Å². The quantitative estimate of drug-likeness (QED) is 0.308. The van der Waals surface area contributed by atoms with Crippen LogP contribution in [0.15, 0.2) is 24.3 Å². The maximum absolute atomic E-state index is 11.7. The van der Waals surface area contributed by atoms with E-state index in [9.17, 15) is 14.4 Å². The van der Waals surface area contributed by atoms with Crippen LogP contribution in [0.3, 0.4) is 0 Å². The van der Waals surface area contributed by atoms with E-state index in [1.165, 1.54) is 0 Å². The molecule has 0 aliphatic carbocycles. The third kappa shape index (κ3) is 12.4. The molecule has 0 heterocycles. The molecule has 0 rings (SSSR count). The summed E-state index contributed by atoms with van der Waals surface area (Å²) < 4.78 is 15.2. The van der Waals surface area contributed by atoms with Crippen molar-refractivity contribution in [3.05, 3.63) is 24.3 Å². The maximum atomic E-state index is 11.7. The molecule has 6 nitrogen and oxygen atoms in total. The average Bonchev–Trinajstić information content (AvgIpc) is 2.57. The predicted octanol–water partition coefficient (Wildman–Crippen LogP) is 3.11. The van der Waals surface area contributed by atoms with Crippen LogP contribution >= 0.6 is 0 Å². The Balaban J connectivity index is 4.43. The van der Waals surface area contributed by atoms with E-state index in [0.29, 0.717) is 0 Å². The topological polar surface area (TPSA) is 78.9 Å². The lowest BCUT2D eigenvalue weighted by atomic mass is 10.3. The van der Waals surface area contributed by atoms with E-state index in [2.05, 4.69) is 0 Å². The van der Waals surface area contributed by atoms with Crippen molar-refractivity contribution in [3.63, 3.8) is 0 Å². The lowest BCUT2D eigenvalue weighted by Crippen LogP contribution is -2.30. The number of hydrogen-bond acceptors (Lipinski definition) is 6. The van der Waals surface area contributed by atoms with Crippen molar-refractivity contribution in [2.24, 2.45) is 0 Å². The van der Waals surface area contributed by atoms with Gasteiger partial charge in [-0.25, -0.2) is 0 Å². The molecule has 0 spiro atoms. The van der Waals surface area contributed by atoms with E-state index in [-0.39, 0.29) is 32.5 Å². The molecule has 0 aromatic carbocycles. The monoisotopic (exact) mass is 340 g/mol. The highest BCUT2D eigenvalue weighted by Crippen LogP contribution is 2.02. The molecule has 0 bridgehead atoms. The zero-order chi connectivity index (χ0) is 18.2. The van der Waals surface area contributed by atoms with Crippen LogP contribution in [-0.4, -0.2) is 37.2 Å². The summed E-state index contributed by atoms with van der Waals surface area (Å²) in [6.07, 6.45) is 8.51. The van der Waals surface area contributed by atoms with Gasteiger partial charge in [-0.3, -0.25) is 14.4 Å². The Bertz CT molecular complexity index is 439. The molecular formula is C18H28O6. The van der Waals surface area contributed by atoms with E-state index in [1.54, 1.807) is 19.1 Å². The van der Waals surface area contributed by atoms with Crippen LogP contribution in [0.4, 0.5) is 0 Å². The van der Waals surface area contributed by atoms with Crippen molar-refractivity contribution >= 4 is 17.9 Å². The van der Waals surface area contributed by atoms with Gasteiger partial charge in [0.1, 0.15) is 13.2 Å². The normalized spacial score (nSPS) is 12.3. The number of hydrogen-bond donors (Lipinski definition) is 0. The first-order valence-corrected chi connectivity index (χ1v) is 8.34. The van der Waals surface area contributed by atoms with Gasteiger partial charge in [-0.1, -0.05) is 45.1 Å². The maximum Gasteiger partial charge on any atom is 0.310 e. The molecular weight excluding hydrogens is 312 g/mol. The summed E-state index contributed by atoms with van der Waals surface area (Å²) in [5, 5.41) is 0. The highest BCUT2D eigenvalue weighted by molar-refractivity contribution is 5.72. The molecule has 0 fully saturated rings. The highest BCUT2D eigenvalue weighted by atomic mass is 16.6. The van der Waals surface area contributed by atoms with Crippen molar-refractivity contribution in [2.45, 2.75) is 59.0 Å². The first kappa shape index (κ1) is 21.9. The molecule has 1 unspecified atom stereocenters. The minimum Gasteiger partial charge on any atom is -0.462 e. The van der Waals surface area contributed by atoms with Crippen molar-refractivity contribution < 1.29 is 28.6 Å². The second-order valence-corrected chi connectivity index (χ2v) is 5.00. The number of carbonyl (C=O) groups excluding carboxylic acids is 3. The Morgan fingerprint density at radius 3 is 1.75 bits per heavy atom. The van der Waals surface area contributed by atoms with Crippen LogP contribution in [0.5, 0.6) is 0 Å². The van der Waals surface area contributed by atoms with Gasteiger partial charge in [-0.05, 0) is 12.8 Å². The fourth-order valence-electron chi connectivity index (χ4n) is 1.58. The lowest BCUT2D eigenvalue weighted by Gasteiger charge is -2.17. The number of carbonyl (C=O) groups is 3. The van der Waals surface area contributed by atoms with Crippen LogP contribution in [0.1, 0.15) is 52.9 Å². The zero-order valence-electron chi connectivity index (χ0n) is 14.8. The second-order valence-electron chi connectivity index (χ2n) is 5.00. The SMILES string of the molecule is CC/C=C\CC(=O)OCC(COC(=O)CC)OC(=O)C/C=C\CC. The Hall–Kier alpha value is -2.11. The van der Waals surface area contributed by atoms with Crippen molar-refractivity contribution in [2.75, 3.05) is 13.2 Å². The molecule has 0 saturated heterocycles. The van der Waals surface area contributed by atoms with Gasteiger partial charge in [-0.2, -0.15) is 0 Å². The predicted molar refractivity (Wildman–Crippen MR) is 90.2 cm³/mol. The van der Waals surface area contributed by atoms with Crippen molar-refractivity contribution in [3.8, 4) is 0 Å². The minimum absolute atomic E-state index is 0.124. The molecule has 0 aromatic rings. The van der Waals surface area contributed by atoms with Gasteiger partial charge in [0, 0.05) is 6.42 Å². The van der Waals surface area contributed by atoms with E-state index in [4.69, 9.17) is 14.2 Å². The zero-order valence-corrected chi connectivity index (χ0v) is 14.8. The van der Waals surface area contributed by atoms with Crippen molar-refractivity contribution in [1.29, 1.82) is 0 Å². The molecule has 0 amide bonds. The molecule has 24 heavy (non-hydrogen) atoms. The summed E-state index contributed by atoms with van der Waals surface area (Å²) in [6.45, 7) is 5.32. The van der Waals surface area contributed by atoms with E-state index >= 15 is 0 Å². The third-order valence-corrected chi connectivity index (χ3v) is 2.82. The van der Waals surface area contributed by atoms with Crippen LogP contribution in [0.25, 0.3) is 0 Å². The number of allylic oxidation sites excluding steroid dienone is 2. The van der Waals surface area contributed by atoms with Crippen LogP contribution in [0, 0.1) is 0 Å². The third-order valence-electron chi connectivity index (χ3n) is 2.82. The molecule has 0 radical (unpaired) electrons. The first-order chi connectivity index (χ1) is 11.5. The molecule has 0 aliphatic heterocycles. The summed E-state index contributed by atoms with van der Waals surface area (Å²) in [5.74, 6) is -1.29. The largest absolute Gasteiger partial charge is 0.462 e. The number of rotatable bonds is 12. The number of ether oxygens (including phenoxy) is 3. The van der Waals surface area contributed by atoms with Crippen LogP contribution in [0.2, 0.25) is 0 Å². The van der Waals surface area contributed by atoms with Crippen molar-refractivity contribution in [1.82, 2.24) is 0 Å². The van der Waals surface area contributed by atoms with Gasteiger partial charge in [-0.15, -0.1) is 0 Å². The Morgan fingerprint density at radius 2 is 1.25 bits per heavy atom. The lowest BCUT2D eigenvalue weighted by molar-refractivity contribution is -0.165. The van der Waals surface area contributed by atoms with Gasteiger partial charge in [0.05, 0.1) is 12.8 Å². The Morgan fingerprint density at radius 1 is 0.750 bits per heavy atom. The molecule has 1 atom stereocenters. The molecule has 0 N–H and O–H groups in total. The van der Waals surface area contributed by atoms with Gasteiger partial charge < -0.3 is 14.2 Å². The summed E-state index contributed by atoms with van der Waals surface area (Å²) in [6, 6.07) is 0. The summed E-state index contributed by atoms with van der Waals surface area (Å²) >= 11 is 0. The molecule has 0 aromatic heterocycles. The number of esters is 3.